The van der Waals surface area contributed by atoms with Gasteiger partial charge in [-0.2, -0.15) is 0 Å². The molecule has 2 aliphatic rings. The Morgan fingerprint density at radius 3 is 2.62 bits per heavy atom. The van der Waals surface area contributed by atoms with Crippen molar-refractivity contribution in [1.29, 1.82) is 0 Å². The van der Waals surface area contributed by atoms with E-state index in [1.54, 1.807) is 0 Å². The number of benzene rings is 1. The zero-order valence-corrected chi connectivity index (χ0v) is 13.7. The van der Waals surface area contributed by atoms with E-state index in [1.807, 2.05) is 35.2 Å². The molecule has 0 radical (unpaired) electrons. The van der Waals surface area contributed by atoms with Gasteiger partial charge in [-0.15, -0.1) is 0 Å². The van der Waals surface area contributed by atoms with Crippen molar-refractivity contribution >= 4 is 11.8 Å². The Bertz CT molecular complexity index is 558. The van der Waals surface area contributed by atoms with Crippen molar-refractivity contribution < 1.29 is 14.3 Å². The molecule has 2 amide bonds. The van der Waals surface area contributed by atoms with Crippen LogP contribution in [-0.2, 0) is 9.59 Å². The van der Waals surface area contributed by atoms with Crippen LogP contribution in [0.5, 0.6) is 5.75 Å². The smallest absolute Gasteiger partial charge is 0.246 e. The highest BCUT2D eigenvalue weighted by atomic mass is 16.5. The summed E-state index contributed by atoms with van der Waals surface area (Å²) in [5.74, 6) is 0.777. The van der Waals surface area contributed by atoms with Crippen LogP contribution in [0.1, 0.15) is 0 Å². The highest BCUT2D eigenvalue weighted by molar-refractivity contribution is 5.89. The van der Waals surface area contributed by atoms with Crippen LogP contribution in [0, 0.1) is 0 Å². The zero-order valence-electron chi connectivity index (χ0n) is 13.7. The van der Waals surface area contributed by atoms with Gasteiger partial charge in [-0.1, -0.05) is 18.2 Å². The second-order valence-corrected chi connectivity index (χ2v) is 6.08. The second kappa shape index (κ2) is 8.12. The lowest BCUT2D eigenvalue weighted by atomic mass is 10.2. The molecule has 0 aliphatic carbocycles. The first kappa shape index (κ1) is 16.7. The number of rotatable bonds is 5. The number of amides is 2. The van der Waals surface area contributed by atoms with Crippen molar-refractivity contribution in [2.75, 3.05) is 52.4 Å². The van der Waals surface area contributed by atoms with Crippen molar-refractivity contribution in [1.82, 2.24) is 20.4 Å². The van der Waals surface area contributed by atoms with Gasteiger partial charge in [-0.05, 0) is 12.1 Å². The van der Waals surface area contributed by atoms with Crippen LogP contribution in [0.2, 0.25) is 0 Å². The van der Waals surface area contributed by atoms with E-state index < -0.39 is 6.04 Å². The molecule has 0 bridgehead atoms. The van der Waals surface area contributed by atoms with E-state index >= 15 is 0 Å². The van der Waals surface area contributed by atoms with Crippen LogP contribution in [0.15, 0.2) is 30.3 Å². The molecule has 2 heterocycles. The van der Waals surface area contributed by atoms with Gasteiger partial charge in [0, 0.05) is 39.3 Å². The third-order valence-corrected chi connectivity index (χ3v) is 4.37. The van der Waals surface area contributed by atoms with Gasteiger partial charge < -0.3 is 20.3 Å². The Morgan fingerprint density at radius 1 is 1.17 bits per heavy atom. The fourth-order valence-electron chi connectivity index (χ4n) is 3.00. The molecule has 0 aromatic heterocycles. The molecule has 2 fully saturated rings. The zero-order chi connectivity index (χ0) is 16.8. The van der Waals surface area contributed by atoms with E-state index in [2.05, 4.69) is 15.5 Å². The van der Waals surface area contributed by atoms with Gasteiger partial charge >= 0.3 is 0 Å². The topological polar surface area (TPSA) is 73.9 Å². The molecule has 2 N–H and O–H groups in total. The predicted molar refractivity (Wildman–Crippen MR) is 89.8 cm³/mol. The number of carbonyl (C=O) groups is 2. The van der Waals surface area contributed by atoms with E-state index in [1.165, 1.54) is 0 Å². The Kier molecular flexibility index (Phi) is 5.66. The SMILES string of the molecule is O=C1CNC[C@@H](C(=O)N2CCN(CCOc3ccccc3)CC2)N1. The largest absolute Gasteiger partial charge is 0.492 e. The fraction of sp³-hybridized carbons (Fsp3) is 0.529. The van der Waals surface area contributed by atoms with Crippen molar-refractivity contribution in [3.63, 3.8) is 0 Å². The molecule has 2 aliphatic heterocycles. The highest BCUT2D eigenvalue weighted by Crippen LogP contribution is 2.09. The third kappa shape index (κ3) is 4.46. The maximum Gasteiger partial charge on any atom is 0.246 e. The fourth-order valence-corrected chi connectivity index (χ4v) is 3.00. The molecule has 7 heteroatoms. The molecular weight excluding hydrogens is 308 g/mol. The number of carbonyl (C=O) groups excluding carboxylic acids is 2. The van der Waals surface area contributed by atoms with Crippen LogP contribution < -0.4 is 15.4 Å². The lowest BCUT2D eigenvalue weighted by Gasteiger charge is -2.37. The summed E-state index contributed by atoms with van der Waals surface area (Å²) in [5.41, 5.74) is 0. The molecule has 24 heavy (non-hydrogen) atoms. The summed E-state index contributed by atoms with van der Waals surface area (Å²) in [6.45, 7) is 5.33. The third-order valence-electron chi connectivity index (χ3n) is 4.37. The summed E-state index contributed by atoms with van der Waals surface area (Å²) in [7, 11) is 0. The lowest BCUT2D eigenvalue weighted by Crippen LogP contribution is -2.61. The number of hydrogen-bond acceptors (Lipinski definition) is 5. The van der Waals surface area contributed by atoms with Gasteiger partial charge in [0.2, 0.25) is 11.8 Å². The van der Waals surface area contributed by atoms with Crippen molar-refractivity contribution in [3.8, 4) is 5.75 Å². The lowest BCUT2D eigenvalue weighted by molar-refractivity contribution is -0.138. The Balaban J connectivity index is 1.37. The number of hydrogen-bond donors (Lipinski definition) is 2. The molecule has 2 saturated heterocycles. The van der Waals surface area contributed by atoms with E-state index in [4.69, 9.17) is 4.74 Å². The molecule has 0 unspecified atom stereocenters. The average Bonchev–Trinajstić information content (AvgIpc) is 2.63. The van der Waals surface area contributed by atoms with Crippen molar-refractivity contribution in [2.45, 2.75) is 6.04 Å². The molecule has 130 valence electrons. The molecule has 1 aromatic carbocycles. The number of ether oxygens (including phenoxy) is 1. The monoisotopic (exact) mass is 332 g/mol. The normalized spacial score (nSPS) is 22.1. The summed E-state index contributed by atoms with van der Waals surface area (Å²) in [5, 5.41) is 5.72. The minimum atomic E-state index is -0.431. The van der Waals surface area contributed by atoms with Crippen LogP contribution >= 0.6 is 0 Å². The van der Waals surface area contributed by atoms with E-state index in [0.29, 0.717) is 32.8 Å². The first-order valence-corrected chi connectivity index (χ1v) is 8.41. The van der Waals surface area contributed by atoms with Gasteiger partial charge in [0.25, 0.3) is 0 Å². The number of nitrogens with zero attached hydrogens (tertiary/aromatic N) is 2. The summed E-state index contributed by atoms with van der Waals surface area (Å²) in [6.07, 6.45) is 0. The van der Waals surface area contributed by atoms with Gasteiger partial charge in [0.15, 0.2) is 0 Å². The summed E-state index contributed by atoms with van der Waals surface area (Å²) in [4.78, 5) is 27.9. The van der Waals surface area contributed by atoms with E-state index in [9.17, 15) is 9.59 Å². The standard InChI is InChI=1S/C17H24N4O3/c22-16-13-18-12-15(19-16)17(23)21-8-6-20(7-9-21)10-11-24-14-4-2-1-3-5-14/h1-5,15,18H,6-13H2,(H,19,22)/t15-/m0/s1. The first-order chi connectivity index (χ1) is 11.7. The highest BCUT2D eigenvalue weighted by Gasteiger charge is 2.30. The Morgan fingerprint density at radius 2 is 1.92 bits per heavy atom. The van der Waals surface area contributed by atoms with E-state index in [0.717, 1.165) is 25.4 Å². The molecule has 1 aromatic rings. The molecule has 1 atom stereocenters. The minimum Gasteiger partial charge on any atom is -0.492 e. The van der Waals surface area contributed by atoms with Crippen LogP contribution in [0.3, 0.4) is 0 Å². The predicted octanol–water partition coefficient (Wildman–Crippen LogP) is -0.702. The van der Waals surface area contributed by atoms with Crippen molar-refractivity contribution in [2.24, 2.45) is 0 Å². The van der Waals surface area contributed by atoms with Crippen LogP contribution in [-0.4, -0.2) is 80.1 Å². The maximum absolute atomic E-state index is 12.4. The van der Waals surface area contributed by atoms with Crippen LogP contribution in [0.25, 0.3) is 0 Å². The maximum atomic E-state index is 12.4. The van der Waals surface area contributed by atoms with E-state index in [-0.39, 0.29) is 11.8 Å². The Labute approximate surface area is 141 Å². The van der Waals surface area contributed by atoms with Gasteiger partial charge in [-0.25, -0.2) is 0 Å². The first-order valence-electron chi connectivity index (χ1n) is 8.41. The molecule has 7 nitrogen and oxygen atoms in total. The van der Waals surface area contributed by atoms with Gasteiger partial charge in [-0.3, -0.25) is 14.5 Å². The molecular formula is C17H24N4O3. The molecule has 0 saturated carbocycles. The second-order valence-electron chi connectivity index (χ2n) is 6.08. The quantitative estimate of drug-likeness (QED) is 0.746. The molecule has 0 spiro atoms. The summed E-state index contributed by atoms with van der Waals surface area (Å²) in [6, 6.07) is 9.34. The molecule has 3 rings (SSSR count). The summed E-state index contributed by atoms with van der Waals surface area (Å²) < 4.78 is 5.71. The van der Waals surface area contributed by atoms with Crippen molar-refractivity contribution in [3.05, 3.63) is 30.3 Å². The minimum absolute atomic E-state index is 0.00994. The van der Waals surface area contributed by atoms with Gasteiger partial charge in [0.05, 0.1) is 6.54 Å². The summed E-state index contributed by atoms with van der Waals surface area (Å²) >= 11 is 0. The van der Waals surface area contributed by atoms with Crippen LogP contribution in [0.4, 0.5) is 0 Å². The Hall–Kier alpha value is -2.12. The number of piperazine rings is 2. The number of para-hydroxylation sites is 1. The van der Waals surface area contributed by atoms with Gasteiger partial charge in [0.1, 0.15) is 18.4 Å². The average molecular weight is 332 g/mol. The number of nitrogens with one attached hydrogen (secondary N) is 2.